The maximum Gasteiger partial charge on any atom is 0.253 e. The predicted molar refractivity (Wildman–Crippen MR) is 86.1 cm³/mol. The third-order valence-electron chi connectivity index (χ3n) is 4.10. The van der Waals surface area contributed by atoms with Gasteiger partial charge in [0.15, 0.2) is 0 Å². The number of methoxy groups -OCH3 is 1. The zero-order chi connectivity index (χ0) is 15.8. The monoisotopic (exact) mass is 306 g/mol. The SMILES string of the molecule is COCCCOc1ccc(C(=O)N2CCC(CN)CC2)cc1. The molecule has 0 unspecified atom stereocenters. The van der Waals surface area contributed by atoms with Gasteiger partial charge in [-0.1, -0.05) is 0 Å². The van der Waals surface area contributed by atoms with Crippen LogP contribution in [-0.2, 0) is 4.74 Å². The molecule has 1 saturated heterocycles. The first kappa shape index (κ1) is 16.8. The van der Waals surface area contributed by atoms with Crippen LogP contribution in [0.2, 0.25) is 0 Å². The van der Waals surface area contributed by atoms with Crippen molar-refractivity contribution < 1.29 is 14.3 Å². The highest BCUT2D eigenvalue weighted by molar-refractivity contribution is 5.94. The van der Waals surface area contributed by atoms with Gasteiger partial charge in [-0.3, -0.25) is 4.79 Å². The maximum atomic E-state index is 12.4. The molecule has 0 bridgehead atoms. The molecule has 5 nitrogen and oxygen atoms in total. The molecule has 2 rings (SSSR count). The Bertz CT molecular complexity index is 453. The average molecular weight is 306 g/mol. The third kappa shape index (κ3) is 4.71. The Morgan fingerprint density at radius 3 is 2.50 bits per heavy atom. The Morgan fingerprint density at radius 2 is 1.91 bits per heavy atom. The summed E-state index contributed by atoms with van der Waals surface area (Å²) < 4.78 is 10.6. The minimum absolute atomic E-state index is 0.0985. The lowest BCUT2D eigenvalue weighted by atomic mass is 9.96. The number of carbonyl (C=O) groups is 1. The number of ether oxygens (including phenoxy) is 2. The number of nitrogens with zero attached hydrogens (tertiary/aromatic N) is 1. The summed E-state index contributed by atoms with van der Waals surface area (Å²) in [5.41, 5.74) is 6.40. The van der Waals surface area contributed by atoms with Gasteiger partial charge in [0.1, 0.15) is 5.75 Å². The molecule has 0 radical (unpaired) electrons. The molecule has 1 amide bonds. The lowest BCUT2D eigenvalue weighted by Crippen LogP contribution is -2.40. The molecule has 0 atom stereocenters. The Kier molecular flexibility index (Phi) is 6.68. The van der Waals surface area contributed by atoms with Gasteiger partial charge in [0.25, 0.3) is 5.91 Å². The molecule has 1 aliphatic heterocycles. The highest BCUT2D eigenvalue weighted by Crippen LogP contribution is 2.19. The van der Waals surface area contributed by atoms with Crippen LogP contribution in [0.15, 0.2) is 24.3 Å². The number of likely N-dealkylation sites (tertiary alicyclic amines) is 1. The second-order valence-corrected chi connectivity index (χ2v) is 5.69. The fraction of sp³-hybridized carbons (Fsp3) is 0.588. The van der Waals surface area contributed by atoms with Gasteiger partial charge >= 0.3 is 0 Å². The van der Waals surface area contributed by atoms with Crippen molar-refractivity contribution in [2.45, 2.75) is 19.3 Å². The van der Waals surface area contributed by atoms with Crippen molar-refractivity contribution in [2.75, 3.05) is 40.0 Å². The zero-order valence-electron chi connectivity index (χ0n) is 13.3. The summed E-state index contributed by atoms with van der Waals surface area (Å²) in [6, 6.07) is 7.38. The van der Waals surface area contributed by atoms with Gasteiger partial charge in [-0.2, -0.15) is 0 Å². The number of hydrogen-bond acceptors (Lipinski definition) is 4. The van der Waals surface area contributed by atoms with Gasteiger partial charge in [0.2, 0.25) is 0 Å². The number of benzene rings is 1. The van der Waals surface area contributed by atoms with Crippen LogP contribution in [0.5, 0.6) is 5.75 Å². The summed E-state index contributed by atoms with van der Waals surface area (Å²) >= 11 is 0. The molecule has 0 saturated carbocycles. The summed E-state index contributed by atoms with van der Waals surface area (Å²) in [5.74, 6) is 1.45. The molecule has 122 valence electrons. The second-order valence-electron chi connectivity index (χ2n) is 5.69. The maximum absolute atomic E-state index is 12.4. The van der Waals surface area contributed by atoms with Gasteiger partial charge < -0.3 is 20.1 Å². The van der Waals surface area contributed by atoms with Gasteiger partial charge in [0.05, 0.1) is 6.61 Å². The second kappa shape index (κ2) is 8.76. The van der Waals surface area contributed by atoms with Gasteiger partial charge in [-0.15, -0.1) is 0 Å². The third-order valence-corrected chi connectivity index (χ3v) is 4.10. The zero-order valence-corrected chi connectivity index (χ0v) is 13.3. The smallest absolute Gasteiger partial charge is 0.253 e. The summed E-state index contributed by atoms with van der Waals surface area (Å²) in [5, 5.41) is 0. The van der Waals surface area contributed by atoms with Crippen molar-refractivity contribution in [1.29, 1.82) is 0 Å². The van der Waals surface area contributed by atoms with E-state index in [2.05, 4.69) is 0 Å². The normalized spacial score (nSPS) is 15.8. The topological polar surface area (TPSA) is 64.8 Å². The van der Waals surface area contributed by atoms with Crippen molar-refractivity contribution in [1.82, 2.24) is 4.90 Å². The van der Waals surface area contributed by atoms with Crippen molar-refractivity contribution in [3.8, 4) is 5.75 Å². The van der Waals surface area contributed by atoms with E-state index in [9.17, 15) is 4.79 Å². The Labute approximate surface area is 132 Å². The molecule has 1 fully saturated rings. The molecule has 1 heterocycles. The molecule has 1 aliphatic rings. The average Bonchev–Trinajstić information content (AvgIpc) is 2.59. The van der Waals surface area contributed by atoms with E-state index >= 15 is 0 Å². The van der Waals surface area contributed by atoms with Crippen LogP contribution in [0.1, 0.15) is 29.6 Å². The van der Waals surface area contributed by atoms with Gasteiger partial charge in [0, 0.05) is 38.8 Å². The molecule has 1 aromatic rings. The largest absolute Gasteiger partial charge is 0.494 e. The van der Waals surface area contributed by atoms with Gasteiger partial charge in [-0.05, 0) is 49.6 Å². The number of piperidine rings is 1. The molecule has 0 spiro atoms. The first-order valence-corrected chi connectivity index (χ1v) is 7.95. The fourth-order valence-electron chi connectivity index (χ4n) is 2.64. The van der Waals surface area contributed by atoms with Crippen molar-refractivity contribution >= 4 is 5.91 Å². The Hall–Kier alpha value is -1.59. The number of carbonyl (C=O) groups excluding carboxylic acids is 1. The minimum Gasteiger partial charge on any atom is -0.494 e. The number of nitrogens with two attached hydrogens (primary N) is 1. The summed E-state index contributed by atoms with van der Waals surface area (Å²) in [6.45, 7) is 3.63. The summed E-state index contributed by atoms with van der Waals surface area (Å²) in [7, 11) is 1.68. The van der Waals surface area contributed by atoms with Crippen LogP contribution in [0.4, 0.5) is 0 Å². The summed E-state index contributed by atoms with van der Waals surface area (Å²) in [6.07, 6.45) is 2.86. The van der Waals surface area contributed by atoms with E-state index in [0.717, 1.165) is 50.2 Å². The lowest BCUT2D eigenvalue weighted by Gasteiger charge is -2.31. The van der Waals surface area contributed by atoms with E-state index < -0.39 is 0 Å². The molecule has 1 aromatic carbocycles. The van der Waals surface area contributed by atoms with E-state index in [0.29, 0.717) is 19.1 Å². The van der Waals surface area contributed by atoms with Crippen LogP contribution in [0, 0.1) is 5.92 Å². The highest BCUT2D eigenvalue weighted by Gasteiger charge is 2.22. The first-order chi connectivity index (χ1) is 10.7. The molecular formula is C17H26N2O3. The van der Waals surface area contributed by atoms with Crippen LogP contribution in [0.3, 0.4) is 0 Å². The van der Waals surface area contributed by atoms with Crippen LogP contribution in [0.25, 0.3) is 0 Å². The van der Waals surface area contributed by atoms with E-state index in [1.54, 1.807) is 7.11 Å². The van der Waals surface area contributed by atoms with Crippen LogP contribution >= 0.6 is 0 Å². The Balaban J connectivity index is 1.83. The molecule has 2 N–H and O–H groups in total. The number of hydrogen-bond donors (Lipinski definition) is 1. The van der Waals surface area contributed by atoms with Gasteiger partial charge in [-0.25, -0.2) is 0 Å². The van der Waals surface area contributed by atoms with E-state index in [4.69, 9.17) is 15.2 Å². The van der Waals surface area contributed by atoms with Crippen molar-refractivity contribution in [3.63, 3.8) is 0 Å². The molecular weight excluding hydrogens is 280 g/mol. The van der Waals surface area contributed by atoms with E-state index in [-0.39, 0.29) is 5.91 Å². The van der Waals surface area contributed by atoms with Crippen molar-refractivity contribution in [2.24, 2.45) is 11.7 Å². The fourth-order valence-corrected chi connectivity index (χ4v) is 2.64. The summed E-state index contributed by atoms with van der Waals surface area (Å²) in [4.78, 5) is 14.4. The number of amides is 1. The van der Waals surface area contributed by atoms with Crippen molar-refractivity contribution in [3.05, 3.63) is 29.8 Å². The van der Waals surface area contributed by atoms with E-state index in [1.807, 2.05) is 29.2 Å². The quantitative estimate of drug-likeness (QED) is 0.782. The van der Waals surface area contributed by atoms with Crippen LogP contribution < -0.4 is 10.5 Å². The number of rotatable bonds is 7. The molecule has 5 heteroatoms. The van der Waals surface area contributed by atoms with Crippen LogP contribution in [-0.4, -0.2) is 50.8 Å². The minimum atomic E-state index is 0.0985. The molecule has 0 aromatic heterocycles. The first-order valence-electron chi connectivity index (χ1n) is 7.95. The highest BCUT2D eigenvalue weighted by atomic mass is 16.5. The lowest BCUT2D eigenvalue weighted by molar-refractivity contribution is 0.0693. The molecule has 0 aliphatic carbocycles. The Morgan fingerprint density at radius 1 is 1.23 bits per heavy atom. The van der Waals surface area contributed by atoms with E-state index in [1.165, 1.54) is 0 Å². The predicted octanol–water partition coefficient (Wildman–Crippen LogP) is 1.91. The standard InChI is InChI=1S/C17H26N2O3/c1-21-11-2-12-22-16-5-3-15(4-6-16)17(20)19-9-7-14(13-18)8-10-19/h3-6,14H,2,7-13,18H2,1H3. The molecule has 22 heavy (non-hydrogen) atoms.